The van der Waals surface area contributed by atoms with Crippen LogP contribution in [-0.4, -0.2) is 42.9 Å². The van der Waals surface area contributed by atoms with E-state index in [1.165, 1.54) is 0 Å². The normalized spacial score (nSPS) is 18.2. The van der Waals surface area contributed by atoms with Gasteiger partial charge < -0.3 is 24.8 Å². The number of hydrogen-bond acceptors (Lipinski definition) is 5. The van der Waals surface area contributed by atoms with Gasteiger partial charge >= 0.3 is 0 Å². The topological polar surface area (TPSA) is 71.0 Å². The summed E-state index contributed by atoms with van der Waals surface area (Å²) in [6.07, 6.45) is 0.745. The Morgan fingerprint density at radius 3 is 2.81 bits per heavy atom. The summed E-state index contributed by atoms with van der Waals surface area (Å²) in [5, 5.41) is 12.7. The molecule has 1 aromatic rings. The number of carbonyl (C=O) groups excluding carboxylic acids is 1. The smallest absolute Gasteiger partial charge is 0.231 e. The van der Waals surface area contributed by atoms with Crippen LogP contribution in [0, 0.1) is 0 Å². The van der Waals surface area contributed by atoms with Crippen LogP contribution in [0.25, 0.3) is 0 Å². The van der Waals surface area contributed by atoms with Crippen molar-refractivity contribution in [3.63, 3.8) is 0 Å². The largest absolute Gasteiger partial charge is 0.454 e. The summed E-state index contributed by atoms with van der Waals surface area (Å²) in [5.74, 6) is 1.51. The molecule has 7 heteroatoms. The number of amides is 1. The Balaban J connectivity index is 1.90. The number of hydrogen-bond donors (Lipinski definition) is 2. The number of ether oxygens (including phenoxy) is 2. The van der Waals surface area contributed by atoms with Gasteiger partial charge in [0.1, 0.15) is 0 Å². The molecule has 1 aromatic carbocycles. The van der Waals surface area contributed by atoms with Gasteiger partial charge in [-0.25, -0.2) is 0 Å². The van der Waals surface area contributed by atoms with Crippen LogP contribution in [0.4, 0.5) is 11.4 Å². The second-order valence-corrected chi connectivity index (χ2v) is 5.37. The number of anilines is 2. The number of nitrogens with zero attached hydrogens (tertiary/aromatic N) is 1. The summed E-state index contributed by atoms with van der Waals surface area (Å²) in [6, 6.07) is 3.60. The Morgan fingerprint density at radius 1 is 1.38 bits per heavy atom. The third-order valence-electron chi connectivity index (χ3n) is 3.56. The molecular weight excluding hydrogens is 296 g/mol. The molecule has 114 valence electrons. The van der Waals surface area contributed by atoms with E-state index in [0.29, 0.717) is 31.0 Å². The molecule has 0 spiro atoms. The number of rotatable bonds is 5. The minimum absolute atomic E-state index is 0.0924. The van der Waals surface area contributed by atoms with E-state index < -0.39 is 6.10 Å². The highest BCUT2D eigenvalue weighted by atomic mass is 35.5. The molecule has 0 bridgehead atoms. The molecule has 21 heavy (non-hydrogen) atoms. The Kier molecular flexibility index (Phi) is 4.07. The zero-order valence-corrected chi connectivity index (χ0v) is 12.2. The zero-order valence-electron chi connectivity index (χ0n) is 11.5. The first-order valence-corrected chi connectivity index (χ1v) is 7.44. The minimum Gasteiger partial charge on any atom is -0.454 e. The third kappa shape index (κ3) is 2.87. The van der Waals surface area contributed by atoms with Crippen molar-refractivity contribution in [1.29, 1.82) is 0 Å². The van der Waals surface area contributed by atoms with Crippen LogP contribution in [-0.2, 0) is 4.79 Å². The number of aliphatic hydroxyl groups is 1. The van der Waals surface area contributed by atoms with E-state index in [9.17, 15) is 9.90 Å². The highest BCUT2D eigenvalue weighted by Crippen LogP contribution is 2.42. The summed E-state index contributed by atoms with van der Waals surface area (Å²) < 4.78 is 10.7. The number of halogens is 1. The number of alkyl halides is 1. The molecule has 1 atom stereocenters. The van der Waals surface area contributed by atoms with Gasteiger partial charge in [0, 0.05) is 31.6 Å². The van der Waals surface area contributed by atoms with Gasteiger partial charge in [-0.05, 0) is 6.42 Å². The zero-order chi connectivity index (χ0) is 14.8. The van der Waals surface area contributed by atoms with E-state index in [1.54, 1.807) is 17.0 Å². The van der Waals surface area contributed by atoms with E-state index in [0.717, 1.165) is 17.8 Å². The maximum Gasteiger partial charge on any atom is 0.231 e. The van der Waals surface area contributed by atoms with Gasteiger partial charge in [-0.3, -0.25) is 4.79 Å². The van der Waals surface area contributed by atoms with Crippen molar-refractivity contribution in [3.05, 3.63) is 12.1 Å². The van der Waals surface area contributed by atoms with Crippen molar-refractivity contribution in [2.45, 2.75) is 18.9 Å². The molecule has 0 aliphatic carbocycles. The number of fused-ring (bicyclic) bond motifs is 1. The van der Waals surface area contributed by atoms with Crippen LogP contribution in [0.3, 0.4) is 0 Å². The van der Waals surface area contributed by atoms with Crippen molar-refractivity contribution in [1.82, 2.24) is 0 Å². The fraction of sp³-hybridized carbons (Fsp3) is 0.500. The third-order valence-corrected chi connectivity index (χ3v) is 3.92. The Hall–Kier alpha value is -1.66. The van der Waals surface area contributed by atoms with Crippen LogP contribution >= 0.6 is 11.6 Å². The fourth-order valence-electron chi connectivity index (χ4n) is 2.48. The van der Waals surface area contributed by atoms with Gasteiger partial charge in [-0.2, -0.15) is 0 Å². The molecule has 2 aliphatic rings. The first-order valence-electron chi connectivity index (χ1n) is 6.91. The van der Waals surface area contributed by atoms with Gasteiger partial charge in [0.15, 0.2) is 11.5 Å². The predicted octanol–water partition coefficient (Wildman–Crippen LogP) is 1.55. The summed E-state index contributed by atoms with van der Waals surface area (Å²) >= 11 is 5.60. The average molecular weight is 313 g/mol. The molecule has 1 unspecified atom stereocenters. The summed E-state index contributed by atoms with van der Waals surface area (Å²) in [6.45, 7) is 1.17. The van der Waals surface area contributed by atoms with Gasteiger partial charge in [0.05, 0.1) is 23.4 Å². The molecular formula is C14H17ClN2O4. The van der Waals surface area contributed by atoms with Gasteiger partial charge in [-0.1, -0.05) is 0 Å². The SMILES string of the molecule is O=C1CCCN1c1cc2c(cc1NCC(O)CCl)OCO2. The van der Waals surface area contributed by atoms with Crippen molar-refractivity contribution >= 4 is 28.9 Å². The first kappa shape index (κ1) is 14.3. The van der Waals surface area contributed by atoms with Crippen molar-refractivity contribution in [2.75, 3.05) is 36.0 Å². The van der Waals surface area contributed by atoms with Crippen molar-refractivity contribution in [2.24, 2.45) is 0 Å². The van der Waals surface area contributed by atoms with Crippen LogP contribution < -0.4 is 19.7 Å². The highest BCUT2D eigenvalue weighted by Gasteiger charge is 2.27. The Morgan fingerprint density at radius 2 is 2.14 bits per heavy atom. The van der Waals surface area contributed by atoms with Crippen molar-refractivity contribution < 1.29 is 19.4 Å². The Bertz CT molecular complexity index is 552. The second kappa shape index (κ2) is 5.99. The van der Waals surface area contributed by atoms with Crippen LogP contribution in [0.2, 0.25) is 0 Å². The second-order valence-electron chi connectivity index (χ2n) is 5.06. The average Bonchev–Trinajstić information content (AvgIpc) is 3.11. The molecule has 2 aliphatic heterocycles. The minimum atomic E-state index is -0.654. The molecule has 1 amide bonds. The van der Waals surface area contributed by atoms with Crippen LogP contribution in [0.5, 0.6) is 11.5 Å². The van der Waals surface area contributed by atoms with Gasteiger partial charge in [-0.15, -0.1) is 11.6 Å². The molecule has 0 saturated carbocycles. The molecule has 0 radical (unpaired) electrons. The summed E-state index contributed by atoms with van der Waals surface area (Å²) in [5.41, 5.74) is 1.49. The van der Waals surface area contributed by atoms with E-state index in [2.05, 4.69) is 5.32 Å². The lowest BCUT2D eigenvalue weighted by Crippen LogP contribution is -2.26. The molecule has 2 heterocycles. The van der Waals surface area contributed by atoms with Crippen LogP contribution in [0.15, 0.2) is 12.1 Å². The molecule has 3 rings (SSSR count). The number of carbonyl (C=O) groups is 1. The van der Waals surface area contributed by atoms with E-state index in [4.69, 9.17) is 21.1 Å². The summed E-state index contributed by atoms with van der Waals surface area (Å²) in [4.78, 5) is 13.7. The lowest BCUT2D eigenvalue weighted by atomic mass is 10.2. The van der Waals surface area contributed by atoms with Crippen LogP contribution in [0.1, 0.15) is 12.8 Å². The maximum absolute atomic E-state index is 12.0. The quantitative estimate of drug-likeness (QED) is 0.807. The lowest BCUT2D eigenvalue weighted by molar-refractivity contribution is -0.117. The number of aliphatic hydroxyl groups excluding tert-OH is 1. The molecule has 1 saturated heterocycles. The number of nitrogens with one attached hydrogen (secondary N) is 1. The van der Waals surface area contributed by atoms with E-state index >= 15 is 0 Å². The monoisotopic (exact) mass is 312 g/mol. The van der Waals surface area contributed by atoms with E-state index in [1.807, 2.05) is 0 Å². The fourth-order valence-corrected chi connectivity index (χ4v) is 2.59. The molecule has 2 N–H and O–H groups in total. The van der Waals surface area contributed by atoms with E-state index in [-0.39, 0.29) is 18.6 Å². The lowest BCUT2D eigenvalue weighted by Gasteiger charge is -2.21. The number of benzene rings is 1. The maximum atomic E-state index is 12.0. The van der Waals surface area contributed by atoms with Crippen molar-refractivity contribution in [3.8, 4) is 11.5 Å². The summed E-state index contributed by atoms with van der Waals surface area (Å²) in [7, 11) is 0. The Labute approximate surface area is 127 Å². The van der Waals surface area contributed by atoms with Gasteiger partial charge in [0.25, 0.3) is 0 Å². The standard InChI is InChI=1S/C14H17ClN2O4/c15-6-9(18)7-16-10-4-12-13(21-8-20-12)5-11(10)17-3-1-2-14(17)19/h4-5,9,16,18H,1-3,6-8H2. The predicted molar refractivity (Wildman–Crippen MR) is 79.4 cm³/mol. The molecule has 0 aromatic heterocycles. The molecule has 1 fully saturated rings. The first-order chi connectivity index (χ1) is 10.2. The highest BCUT2D eigenvalue weighted by molar-refractivity contribution is 6.18. The molecule has 6 nitrogen and oxygen atoms in total. The van der Waals surface area contributed by atoms with Gasteiger partial charge in [0.2, 0.25) is 12.7 Å².